The van der Waals surface area contributed by atoms with Gasteiger partial charge >= 0.3 is 0 Å². The number of halogens is 1. The third kappa shape index (κ3) is 3.29. The van der Waals surface area contributed by atoms with Crippen molar-refractivity contribution in [1.82, 2.24) is 4.98 Å². The summed E-state index contributed by atoms with van der Waals surface area (Å²) in [5.74, 6) is 0.718. The Morgan fingerprint density at radius 3 is 2.64 bits per heavy atom. The molecule has 0 saturated heterocycles. The number of pyridine rings is 1. The molecule has 0 fully saturated rings. The van der Waals surface area contributed by atoms with Gasteiger partial charge in [-0.25, -0.2) is 4.98 Å². The van der Waals surface area contributed by atoms with Crippen LogP contribution in [0.1, 0.15) is 25.1 Å². The van der Waals surface area contributed by atoms with E-state index in [1.807, 2.05) is 26.8 Å². The minimum absolute atomic E-state index is 0.184. The minimum atomic E-state index is 0.184. The van der Waals surface area contributed by atoms with Crippen LogP contribution in [0.15, 0.2) is 12.1 Å². The molecule has 0 radical (unpaired) electrons. The lowest BCUT2D eigenvalue weighted by Crippen LogP contribution is -2.07. The van der Waals surface area contributed by atoms with Crippen LogP contribution < -0.4 is 4.74 Å². The SMILES string of the molecule is Cc1nc(OC(C)C)ccc1CCBr. The molecule has 1 rings (SSSR count). The van der Waals surface area contributed by atoms with E-state index >= 15 is 0 Å². The monoisotopic (exact) mass is 257 g/mol. The summed E-state index contributed by atoms with van der Waals surface area (Å²) in [5.41, 5.74) is 2.33. The van der Waals surface area contributed by atoms with Gasteiger partial charge in [-0.05, 0) is 32.8 Å². The fourth-order valence-corrected chi connectivity index (χ4v) is 1.67. The Kier molecular flexibility index (Phi) is 4.39. The van der Waals surface area contributed by atoms with Crippen LogP contribution in [0.25, 0.3) is 0 Å². The highest BCUT2D eigenvalue weighted by Crippen LogP contribution is 2.14. The molecule has 1 heterocycles. The van der Waals surface area contributed by atoms with Gasteiger partial charge in [0.15, 0.2) is 0 Å². The molecule has 0 aliphatic rings. The van der Waals surface area contributed by atoms with Gasteiger partial charge in [-0.1, -0.05) is 22.0 Å². The number of rotatable bonds is 4. The van der Waals surface area contributed by atoms with Gasteiger partial charge < -0.3 is 4.74 Å². The maximum absolute atomic E-state index is 5.51. The number of hydrogen-bond donors (Lipinski definition) is 0. The van der Waals surface area contributed by atoms with E-state index in [1.54, 1.807) is 0 Å². The van der Waals surface area contributed by atoms with Gasteiger partial charge in [-0.15, -0.1) is 0 Å². The normalized spacial score (nSPS) is 10.6. The second kappa shape index (κ2) is 5.35. The highest BCUT2D eigenvalue weighted by Gasteiger charge is 2.03. The fraction of sp³-hybridized carbons (Fsp3) is 0.545. The molecule has 0 aliphatic carbocycles. The van der Waals surface area contributed by atoms with Gasteiger partial charge in [0.05, 0.1) is 6.10 Å². The van der Waals surface area contributed by atoms with Crippen molar-refractivity contribution in [2.24, 2.45) is 0 Å². The van der Waals surface area contributed by atoms with Crippen LogP contribution in [-0.4, -0.2) is 16.4 Å². The molecular formula is C11H16BrNO. The second-order valence-corrected chi connectivity index (χ2v) is 4.29. The molecule has 0 aliphatic heterocycles. The zero-order valence-electron chi connectivity index (χ0n) is 8.88. The summed E-state index contributed by atoms with van der Waals surface area (Å²) in [5, 5.41) is 0.972. The van der Waals surface area contributed by atoms with E-state index in [4.69, 9.17) is 4.74 Å². The van der Waals surface area contributed by atoms with Crippen LogP contribution in [0.2, 0.25) is 0 Å². The molecule has 14 heavy (non-hydrogen) atoms. The van der Waals surface area contributed by atoms with Gasteiger partial charge in [-0.3, -0.25) is 0 Å². The van der Waals surface area contributed by atoms with Gasteiger partial charge in [-0.2, -0.15) is 0 Å². The topological polar surface area (TPSA) is 22.1 Å². The third-order valence-electron chi connectivity index (χ3n) is 1.89. The molecule has 2 nitrogen and oxygen atoms in total. The summed E-state index contributed by atoms with van der Waals surface area (Å²) in [6.45, 7) is 6.03. The standard InChI is InChI=1S/C11H16BrNO/c1-8(2)14-11-5-4-10(6-7-12)9(3)13-11/h4-5,8H,6-7H2,1-3H3. The fourth-order valence-electron chi connectivity index (χ4n) is 1.24. The van der Waals surface area contributed by atoms with Crippen LogP contribution >= 0.6 is 15.9 Å². The summed E-state index contributed by atoms with van der Waals surface area (Å²) in [7, 11) is 0. The van der Waals surface area contributed by atoms with E-state index in [1.165, 1.54) is 5.56 Å². The summed E-state index contributed by atoms with van der Waals surface area (Å²) >= 11 is 3.42. The molecule has 3 heteroatoms. The van der Waals surface area contributed by atoms with E-state index < -0.39 is 0 Å². The molecule has 0 aromatic carbocycles. The van der Waals surface area contributed by atoms with Crippen molar-refractivity contribution in [3.63, 3.8) is 0 Å². The molecule has 1 aromatic rings. The Labute approximate surface area is 93.8 Å². The number of hydrogen-bond acceptors (Lipinski definition) is 2. The molecule has 78 valence electrons. The maximum Gasteiger partial charge on any atom is 0.213 e. The van der Waals surface area contributed by atoms with Crippen molar-refractivity contribution in [3.8, 4) is 5.88 Å². The molecule has 0 spiro atoms. The zero-order chi connectivity index (χ0) is 10.6. The van der Waals surface area contributed by atoms with E-state index in [2.05, 4.69) is 27.0 Å². The van der Waals surface area contributed by atoms with Gasteiger partial charge in [0.2, 0.25) is 5.88 Å². The van der Waals surface area contributed by atoms with Crippen molar-refractivity contribution >= 4 is 15.9 Å². The summed E-state index contributed by atoms with van der Waals surface area (Å²) in [4.78, 5) is 4.39. The molecule has 0 unspecified atom stereocenters. The average Bonchev–Trinajstić information content (AvgIpc) is 2.09. The Hall–Kier alpha value is -0.570. The van der Waals surface area contributed by atoms with Crippen molar-refractivity contribution in [3.05, 3.63) is 23.4 Å². The molecular weight excluding hydrogens is 242 g/mol. The number of aryl methyl sites for hydroxylation is 2. The number of aromatic nitrogens is 1. The number of nitrogens with zero attached hydrogens (tertiary/aromatic N) is 1. The highest BCUT2D eigenvalue weighted by molar-refractivity contribution is 9.09. The van der Waals surface area contributed by atoms with Crippen LogP contribution in [0.4, 0.5) is 0 Å². The van der Waals surface area contributed by atoms with E-state index in [9.17, 15) is 0 Å². The molecule has 0 bridgehead atoms. The first-order valence-corrected chi connectivity index (χ1v) is 5.94. The van der Waals surface area contributed by atoms with E-state index in [0.717, 1.165) is 23.3 Å². The lowest BCUT2D eigenvalue weighted by molar-refractivity contribution is 0.232. The first-order valence-electron chi connectivity index (χ1n) is 4.82. The summed E-state index contributed by atoms with van der Waals surface area (Å²) < 4.78 is 5.51. The van der Waals surface area contributed by atoms with Crippen LogP contribution in [0.5, 0.6) is 5.88 Å². The summed E-state index contributed by atoms with van der Waals surface area (Å²) in [6, 6.07) is 4.02. The number of ether oxygens (including phenoxy) is 1. The van der Waals surface area contributed by atoms with Crippen LogP contribution in [0.3, 0.4) is 0 Å². The van der Waals surface area contributed by atoms with Crippen molar-refractivity contribution < 1.29 is 4.74 Å². The maximum atomic E-state index is 5.51. The summed E-state index contributed by atoms with van der Waals surface area (Å²) in [6.07, 6.45) is 1.20. The van der Waals surface area contributed by atoms with E-state index in [-0.39, 0.29) is 6.10 Å². The van der Waals surface area contributed by atoms with E-state index in [0.29, 0.717) is 0 Å². The largest absolute Gasteiger partial charge is 0.475 e. The molecule has 0 atom stereocenters. The molecule has 0 N–H and O–H groups in total. The Bertz CT molecular complexity index is 299. The van der Waals surface area contributed by atoms with Crippen LogP contribution in [0, 0.1) is 6.92 Å². The third-order valence-corrected chi connectivity index (χ3v) is 2.29. The Balaban J connectivity index is 2.78. The lowest BCUT2D eigenvalue weighted by Gasteiger charge is -2.10. The predicted molar refractivity (Wildman–Crippen MR) is 62.2 cm³/mol. The van der Waals surface area contributed by atoms with Crippen molar-refractivity contribution in [1.29, 1.82) is 0 Å². The minimum Gasteiger partial charge on any atom is -0.475 e. The predicted octanol–water partition coefficient (Wildman–Crippen LogP) is 3.11. The lowest BCUT2D eigenvalue weighted by atomic mass is 10.1. The van der Waals surface area contributed by atoms with Gasteiger partial charge in [0.25, 0.3) is 0 Å². The first-order chi connectivity index (χ1) is 6.63. The van der Waals surface area contributed by atoms with Crippen molar-refractivity contribution in [2.45, 2.75) is 33.3 Å². The van der Waals surface area contributed by atoms with Gasteiger partial charge in [0, 0.05) is 17.1 Å². The smallest absolute Gasteiger partial charge is 0.213 e. The van der Waals surface area contributed by atoms with Crippen LogP contribution in [-0.2, 0) is 6.42 Å². The molecule has 1 aromatic heterocycles. The average molecular weight is 258 g/mol. The zero-order valence-corrected chi connectivity index (χ0v) is 10.5. The first kappa shape index (κ1) is 11.5. The van der Waals surface area contributed by atoms with Gasteiger partial charge in [0.1, 0.15) is 0 Å². The molecule has 0 amide bonds. The Morgan fingerprint density at radius 1 is 1.43 bits per heavy atom. The van der Waals surface area contributed by atoms with Crippen molar-refractivity contribution in [2.75, 3.05) is 5.33 Å². The quantitative estimate of drug-likeness (QED) is 0.774. The second-order valence-electron chi connectivity index (χ2n) is 3.50. The highest BCUT2D eigenvalue weighted by atomic mass is 79.9. The Morgan fingerprint density at radius 2 is 2.14 bits per heavy atom. The number of alkyl halides is 1. The molecule has 0 saturated carbocycles.